The lowest BCUT2D eigenvalue weighted by atomic mass is 9.84. The number of ether oxygens (including phenoxy) is 4. The minimum absolute atomic E-state index is 0. The Morgan fingerprint density at radius 1 is 0.805 bits per heavy atom. The number of methoxy groups -OCH3 is 1. The predicted octanol–water partition coefficient (Wildman–Crippen LogP) is 3.91. The Kier molecular flexibility index (Phi) is 21.1. The summed E-state index contributed by atoms with van der Waals surface area (Å²) in [4.78, 5) is 23.8. The van der Waals surface area contributed by atoms with Crippen molar-refractivity contribution in [2.75, 3.05) is 20.3 Å². The van der Waals surface area contributed by atoms with Crippen molar-refractivity contribution < 1.29 is 45.0 Å². The highest BCUT2D eigenvalue weighted by Gasteiger charge is 2.34. The van der Waals surface area contributed by atoms with Crippen molar-refractivity contribution in [1.29, 1.82) is 0 Å². The average molecular weight is 605 g/mol. The van der Waals surface area contributed by atoms with Gasteiger partial charge in [-0.3, -0.25) is 4.79 Å². The van der Waals surface area contributed by atoms with Gasteiger partial charge in [0.2, 0.25) is 0 Å². The zero-order chi connectivity index (χ0) is 27.2. The molecule has 0 aromatic carbocycles. The summed E-state index contributed by atoms with van der Waals surface area (Å²) in [5.41, 5.74) is 0. The number of unbranched alkanes of at least 4 members (excludes halogenated alkanes) is 3. The molecule has 9 nitrogen and oxygen atoms in total. The van der Waals surface area contributed by atoms with Gasteiger partial charge >= 0.3 is 11.9 Å². The molecule has 3 atom stereocenters. The highest BCUT2D eigenvalue weighted by molar-refractivity contribution is 6.21. The fourth-order valence-electron chi connectivity index (χ4n) is 5.78. The SMILES string of the molecule is C=CC(=O)OCCCCCCOC1CCC(C(=O)OC2CCC(C#CC3CCC(OC)CC3)CC2Cl)CC1.O.O.O. The maximum Gasteiger partial charge on any atom is 0.330 e. The molecule has 3 unspecified atom stereocenters. The molecular formula is C31H53ClO9. The molecule has 0 bridgehead atoms. The lowest BCUT2D eigenvalue weighted by Crippen LogP contribution is -2.37. The predicted molar refractivity (Wildman–Crippen MR) is 160 cm³/mol. The number of hydrogen-bond donors (Lipinski definition) is 0. The summed E-state index contributed by atoms with van der Waals surface area (Å²) < 4.78 is 22.4. The molecule has 3 aliphatic carbocycles. The number of carbonyl (C=O) groups is 2. The van der Waals surface area contributed by atoms with Crippen LogP contribution in [0.4, 0.5) is 0 Å². The molecule has 6 N–H and O–H groups in total. The van der Waals surface area contributed by atoms with Gasteiger partial charge < -0.3 is 35.4 Å². The minimum atomic E-state index is -0.362. The van der Waals surface area contributed by atoms with Gasteiger partial charge in [0.1, 0.15) is 6.10 Å². The number of alkyl halides is 1. The van der Waals surface area contributed by atoms with Crippen molar-refractivity contribution in [2.45, 2.75) is 120 Å². The second-order valence-corrected chi connectivity index (χ2v) is 11.7. The third-order valence-corrected chi connectivity index (χ3v) is 8.75. The first-order valence-electron chi connectivity index (χ1n) is 14.8. The summed E-state index contributed by atoms with van der Waals surface area (Å²) >= 11 is 6.67. The van der Waals surface area contributed by atoms with Crippen molar-refractivity contribution in [3.8, 4) is 11.8 Å². The van der Waals surface area contributed by atoms with Crippen molar-refractivity contribution in [1.82, 2.24) is 0 Å². The van der Waals surface area contributed by atoms with E-state index in [1.807, 2.05) is 0 Å². The minimum Gasteiger partial charge on any atom is -0.463 e. The van der Waals surface area contributed by atoms with Crippen LogP contribution < -0.4 is 0 Å². The van der Waals surface area contributed by atoms with Crippen LogP contribution in [0.25, 0.3) is 0 Å². The van der Waals surface area contributed by atoms with E-state index in [9.17, 15) is 9.59 Å². The van der Waals surface area contributed by atoms with Crippen molar-refractivity contribution in [3.05, 3.63) is 12.7 Å². The van der Waals surface area contributed by atoms with Crippen LogP contribution in [-0.2, 0) is 28.5 Å². The molecule has 3 rings (SSSR count). The summed E-state index contributed by atoms with van der Waals surface area (Å²) in [6, 6.07) is 0. The summed E-state index contributed by atoms with van der Waals surface area (Å²) in [6.07, 6.45) is 15.9. The van der Waals surface area contributed by atoms with Gasteiger partial charge in [-0.25, -0.2) is 4.79 Å². The first kappa shape index (κ1) is 39.3. The highest BCUT2D eigenvalue weighted by Crippen LogP contribution is 2.33. The molecule has 0 aromatic rings. The molecular weight excluding hydrogens is 552 g/mol. The van der Waals surface area contributed by atoms with Gasteiger partial charge in [0.25, 0.3) is 0 Å². The van der Waals surface area contributed by atoms with Gasteiger partial charge in [-0.15, -0.1) is 11.6 Å². The number of halogens is 1. The molecule has 0 saturated heterocycles. The maximum absolute atomic E-state index is 12.8. The molecule has 3 saturated carbocycles. The number of esters is 2. The first-order valence-corrected chi connectivity index (χ1v) is 15.2. The van der Waals surface area contributed by atoms with Crippen molar-refractivity contribution >= 4 is 23.5 Å². The van der Waals surface area contributed by atoms with E-state index in [4.69, 9.17) is 30.5 Å². The van der Waals surface area contributed by atoms with E-state index in [1.165, 1.54) is 6.08 Å². The molecule has 0 aromatic heterocycles. The topological polar surface area (TPSA) is 166 Å². The smallest absolute Gasteiger partial charge is 0.330 e. The monoisotopic (exact) mass is 604 g/mol. The normalized spacial score (nSPS) is 29.2. The Balaban J connectivity index is 0.00000533. The van der Waals surface area contributed by atoms with E-state index in [2.05, 4.69) is 18.4 Å². The van der Waals surface area contributed by atoms with Crippen LogP contribution in [0.3, 0.4) is 0 Å². The Morgan fingerprint density at radius 2 is 1.39 bits per heavy atom. The third kappa shape index (κ3) is 14.4. The zero-order valence-electron chi connectivity index (χ0n) is 24.7. The highest BCUT2D eigenvalue weighted by atomic mass is 35.5. The van der Waals surface area contributed by atoms with Crippen molar-refractivity contribution in [3.63, 3.8) is 0 Å². The lowest BCUT2D eigenvalue weighted by Gasteiger charge is -2.33. The zero-order valence-corrected chi connectivity index (χ0v) is 25.4. The molecule has 0 amide bonds. The van der Waals surface area contributed by atoms with Gasteiger partial charge in [-0.2, -0.15) is 0 Å². The van der Waals surface area contributed by atoms with E-state index < -0.39 is 0 Å². The average Bonchev–Trinajstić information content (AvgIpc) is 2.95. The van der Waals surface area contributed by atoms with Gasteiger partial charge in [-0.1, -0.05) is 24.8 Å². The van der Waals surface area contributed by atoms with Crippen LogP contribution in [-0.4, -0.2) is 72.4 Å². The Hall–Kier alpha value is -1.67. The summed E-state index contributed by atoms with van der Waals surface area (Å²) in [7, 11) is 1.80. The van der Waals surface area contributed by atoms with Gasteiger partial charge in [0, 0.05) is 31.6 Å². The summed E-state index contributed by atoms with van der Waals surface area (Å²) in [5.74, 6) is 7.27. The molecule has 10 heteroatoms. The van der Waals surface area contributed by atoms with E-state index in [1.54, 1.807) is 7.11 Å². The quantitative estimate of drug-likeness (QED) is 0.108. The second-order valence-electron chi connectivity index (χ2n) is 11.1. The van der Waals surface area contributed by atoms with E-state index in [0.29, 0.717) is 24.5 Å². The van der Waals surface area contributed by atoms with Crippen LogP contribution >= 0.6 is 11.6 Å². The van der Waals surface area contributed by atoms with Gasteiger partial charge in [0.05, 0.1) is 30.1 Å². The van der Waals surface area contributed by atoms with E-state index >= 15 is 0 Å². The van der Waals surface area contributed by atoms with Crippen LogP contribution in [0, 0.1) is 29.6 Å². The standard InChI is InChI=1S/C31H47ClO6.3H2O/c1-3-30(33)37-21-7-5-4-6-20-36-27-17-13-25(14-18-27)31(34)38-29-19-12-24(22-28(29)32)9-8-23-10-15-26(35-2)16-11-23;;;/h3,23-29H,1,4-7,10-22H2,2H3;3*1H2. The Labute approximate surface area is 251 Å². The number of hydrogen-bond acceptors (Lipinski definition) is 6. The molecule has 0 spiro atoms. The number of carbonyl (C=O) groups excluding carboxylic acids is 2. The molecule has 238 valence electrons. The second kappa shape index (κ2) is 21.9. The van der Waals surface area contributed by atoms with Gasteiger partial charge in [-0.05, 0) is 89.9 Å². The van der Waals surface area contributed by atoms with E-state index in [-0.39, 0.29) is 51.9 Å². The third-order valence-electron chi connectivity index (χ3n) is 8.29. The fourth-order valence-corrected chi connectivity index (χ4v) is 6.17. The van der Waals surface area contributed by atoms with Crippen molar-refractivity contribution in [2.24, 2.45) is 17.8 Å². The molecule has 3 fully saturated rings. The molecule has 3 aliphatic rings. The van der Waals surface area contributed by atoms with Crippen LogP contribution in [0.15, 0.2) is 12.7 Å². The van der Waals surface area contributed by atoms with E-state index in [0.717, 1.165) is 103 Å². The molecule has 41 heavy (non-hydrogen) atoms. The fraction of sp³-hybridized carbons (Fsp3) is 0.806. The molecule has 0 radical (unpaired) electrons. The maximum atomic E-state index is 12.8. The molecule has 0 heterocycles. The van der Waals surface area contributed by atoms with Gasteiger partial charge in [0.15, 0.2) is 0 Å². The molecule has 0 aliphatic heterocycles. The van der Waals surface area contributed by atoms with Crippen LogP contribution in [0.5, 0.6) is 0 Å². The number of rotatable bonds is 12. The largest absolute Gasteiger partial charge is 0.463 e. The van der Waals surface area contributed by atoms with Crippen LogP contribution in [0.2, 0.25) is 0 Å². The summed E-state index contributed by atoms with van der Waals surface area (Å²) in [6.45, 7) is 4.57. The lowest BCUT2D eigenvalue weighted by molar-refractivity contribution is -0.157. The Bertz CT molecular complexity index is 795. The first-order chi connectivity index (χ1) is 18.5. The van der Waals surface area contributed by atoms with Crippen LogP contribution in [0.1, 0.15) is 96.3 Å². The summed E-state index contributed by atoms with van der Waals surface area (Å²) in [5, 5.41) is -0.162. The Morgan fingerprint density at radius 3 is 2.00 bits per heavy atom.